The second-order valence-electron chi connectivity index (χ2n) is 14.7. The van der Waals surface area contributed by atoms with Crippen molar-refractivity contribution in [2.75, 3.05) is 13.6 Å². The smallest absolute Gasteiger partial charge is 0.315 e. The number of hydrogen-bond donors (Lipinski definition) is 1. The van der Waals surface area contributed by atoms with Gasteiger partial charge in [-0.3, -0.25) is 19.7 Å². The van der Waals surface area contributed by atoms with E-state index < -0.39 is 22.2 Å². The minimum atomic E-state index is -1.21. The maximum absolute atomic E-state index is 13.9. The van der Waals surface area contributed by atoms with Crippen molar-refractivity contribution in [1.82, 2.24) is 14.9 Å². The number of nitrogens with zero attached hydrogens (tertiary/aromatic N) is 3. The molecule has 44 heavy (non-hydrogen) atoms. The number of ether oxygens (including phenoxy) is 1. The third-order valence-electron chi connectivity index (χ3n) is 11.9. The molecule has 0 spiro atoms. The molecule has 7 atom stereocenters. The Labute approximate surface area is 262 Å². The van der Waals surface area contributed by atoms with Crippen LogP contribution in [0.3, 0.4) is 0 Å². The van der Waals surface area contributed by atoms with Gasteiger partial charge in [0.2, 0.25) is 0 Å². The minimum Gasteiger partial charge on any atom is -0.481 e. The number of aliphatic carboxylic acids is 1. The topological polar surface area (TPSA) is 92.6 Å². The summed E-state index contributed by atoms with van der Waals surface area (Å²) < 4.78 is 7.03. The summed E-state index contributed by atoms with van der Waals surface area (Å²) in [7, 11) is 2.09. The van der Waals surface area contributed by atoms with Crippen molar-refractivity contribution in [1.29, 1.82) is 0 Å². The molecule has 7 heteroatoms. The van der Waals surface area contributed by atoms with Gasteiger partial charge in [0.05, 0.1) is 29.6 Å². The van der Waals surface area contributed by atoms with Gasteiger partial charge in [0, 0.05) is 29.8 Å². The Balaban J connectivity index is 1.31. The van der Waals surface area contributed by atoms with Crippen molar-refractivity contribution in [3.05, 3.63) is 71.8 Å². The third kappa shape index (κ3) is 4.44. The Morgan fingerprint density at radius 1 is 1.07 bits per heavy atom. The lowest BCUT2D eigenvalue weighted by molar-refractivity contribution is -0.191. The molecule has 2 saturated carbocycles. The number of carboxylic acid groups (broad SMARTS) is 1. The van der Waals surface area contributed by atoms with Crippen LogP contribution in [-0.2, 0) is 14.3 Å². The Bertz CT molecular complexity index is 1340. The zero-order chi connectivity index (χ0) is 31.3. The van der Waals surface area contributed by atoms with Crippen molar-refractivity contribution in [2.45, 2.75) is 90.9 Å². The number of hydrogen-bond acceptors (Lipinski definition) is 6. The number of carboxylic acids is 1. The van der Waals surface area contributed by atoms with Crippen LogP contribution in [-0.4, -0.2) is 58.0 Å². The van der Waals surface area contributed by atoms with E-state index in [9.17, 15) is 14.7 Å². The average Bonchev–Trinajstić information content (AvgIpc) is 3.64. The Kier molecular flexibility index (Phi) is 8.33. The second kappa shape index (κ2) is 11.8. The van der Waals surface area contributed by atoms with Crippen LogP contribution < -0.4 is 0 Å². The number of likely N-dealkylation sites (N-methyl/N-ethyl adjacent to an activating group) is 1. The fourth-order valence-corrected chi connectivity index (χ4v) is 10.3. The predicted molar refractivity (Wildman–Crippen MR) is 170 cm³/mol. The molecule has 6 unspecified atom stereocenters. The van der Waals surface area contributed by atoms with Crippen LogP contribution in [0.25, 0.3) is 0 Å². The Morgan fingerprint density at radius 3 is 2.30 bits per heavy atom. The molecule has 6 rings (SSSR count). The van der Waals surface area contributed by atoms with Gasteiger partial charge in [-0.1, -0.05) is 57.9 Å². The van der Waals surface area contributed by atoms with Gasteiger partial charge in [0.1, 0.15) is 11.7 Å². The number of allylic oxidation sites excluding steroid dienone is 1. The van der Waals surface area contributed by atoms with Crippen LogP contribution in [0.4, 0.5) is 0 Å². The van der Waals surface area contributed by atoms with Gasteiger partial charge in [-0.05, 0) is 93.5 Å². The van der Waals surface area contributed by atoms with Crippen molar-refractivity contribution < 1.29 is 19.4 Å². The number of aldehydes is 1. The van der Waals surface area contributed by atoms with E-state index in [1.165, 1.54) is 0 Å². The van der Waals surface area contributed by atoms with Gasteiger partial charge in [-0.15, -0.1) is 0 Å². The number of rotatable bonds is 12. The fourth-order valence-electron chi connectivity index (χ4n) is 10.3. The number of carbonyl (C=O) groups is 2. The highest BCUT2D eigenvalue weighted by Crippen LogP contribution is 2.82. The highest BCUT2D eigenvalue weighted by atomic mass is 16.5. The molecule has 1 aliphatic heterocycles. The third-order valence-corrected chi connectivity index (χ3v) is 11.9. The summed E-state index contributed by atoms with van der Waals surface area (Å²) in [6.07, 6.45) is 12.7. The maximum Gasteiger partial charge on any atom is 0.315 e. The number of carbonyl (C=O) groups excluding carboxylic acids is 1. The minimum absolute atomic E-state index is 0.0431. The van der Waals surface area contributed by atoms with Crippen LogP contribution >= 0.6 is 0 Å². The first-order valence-electron chi connectivity index (χ1n) is 16.7. The van der Waals surface area contributed by atoms with E-state index in [1.807, 2.05) is 48.8 Å². The average molecular weight is 600 g/mol. The Morgan fingerprint density at radius 2 is 1.75 bits per heavy atom. The lowest BCUT2D eigenvalue weighted by atomic mass is 9.43. The summed E-state index contributed by atoms with van der Waals surface area (Å²) in [5, 5.41) is 11.4. The largest absolute Gasteiger partial charge is 0.481 e. The van der Waals surface area contributed by atoms with Gasteiger partial charge in [-0.25, -0.2) is 0 Å². The summed E-state index contributed by atoms with van der Waals surface area (Å²) in [6.45, 7) is 9.30. The molecule has 236 valence electrons. The van der Waals surface area contributed by atoms with Gasteiger partial charge in [0.15, 0.2) is 0 Å². The monoisotopic (exact) mass is 599 g/mol. The lowest BCUT2D eigenvalue weighted by Gasteiger charge is -2.58. The highest BCUT2D eigenvalue weighted by Gasteiger charge is 2.84. The second-order valence-corrected chi connectivity index (χ2v) is 14.7. The van der Waals surface area contributed by atoms with Crippen molar-refractivity contribution in [2.24, 2.45) is 39.9 Å². The van der Waals surface area contributed by atoms with Crippen molar-refractivity contribution >= 4 is 12.3 Å². The molecule has 3 aliphatic carbocycles. The normalized spacial score (nSPS) is 34.3. The molecule has 4 bridgehead atoms. The van der Waals surface area contributed by atoms with Crippen LogP contribution in [0, 0.1) is 39.9 Å². The summed E-state index contributed by atoms with van der Waals surface area (Å²) in [6, 6.07) is 11.8. The molecule has 1 N–H and O–H groups in total. The van der Waals surface area contributed by atoms with E-state index in [2.05, 4.69) is 55.7 Å². The van der Waals surface area contributed by atoms with Crippen molar-refractivity contribution in [3.63, 3.8) is 0 Å². The van der Waals surface area contributed by atoms with Crippen LogP contribution in [0.1, 0.15) is 90.1 Å². The molecule has 3 heterocycles. The first-order chi connectivity index (χ1) is 21.1. The van der Waals surface area contributed by atoms with E-state index in [-0.39, 0.29) is 36.0 Å². The zero-order valence-electron chi connectivity index (χ0n) is 27.0. The number of pyridine rings is 2. The van der Waals surface area contributed by atoms with Gasteiger partial charge < -0.3 is 14.6 Å². The summed E-state index contributed by atoms with van der Waals surface area (Å²) in [5.41, 5.74) is 0.145. The molecule has 2 aromatic heterocycles. The van der Waals surface area contributed by atoms with Crippen LogP contribution in [0.2, 0.25) is 0 Å². The molecule has 0 radical (unpaired) electrons. The standard InChI is InChI=1S/C37H49N3O4/c1-24(2)12-13-26-16-17-36(27-20-29(25(3)4)37(36,34(42)43)35(26,21-27)23-41)32-15-14-28(44-32)22-40(5)33(30-10-6-8-18-38-30)31-11-7-9-19-39-31/h6-11,18-20,23-28,32-33H,12-17,21-22H2,1-5H3,(H,42,43)/t26-,27?,28?,32?,35?,36?,37?/m1/s1. The molecule has 2 aromatic rings. The first-order valence-corrected chi connectivity index (χ1v) is 16.7. The van der Waals surface area contributed by atoms with E-state index >= 15 is 0 Å². The molecular formula is C37H49N3O4. The van der Waals surface area contributed by atoms with Crippen LogP contribution in [0.15, 0.2) is 60.4 Å². The molecule has 4 aliphatic rings. The van der Waals surface area contributed by atoms with E-state index in [0.717, 1.165) is 61.8 Å². The predicted octanol–water partition coefficient (Wildman–Crippen LogP) is 6.75. The van der Waals surface area contributed by atoms with Gasteiger partial charge in [0.25, 0.3) is 0 Å². The molecule has 3 fully saturated rings. The SMILES string of the molecule is CC(C)CC[C@@H]1CCC2(C3CCC(CN(C)C(c4ccccn4)c4ccccn4)O3)C3C=C(C(C)C)C2(C(=O)O)C1(C=O)C3. The highest BCUT2D eigenvalue weighted by molar-refractivity contribution is 5.90. The summed E-state index contributed by atoms with van der Waals surface area (Å²) in [4.78, 5) is 38.9. The van der Waals surface area contributed by atoms with E-state index in [0.29, 0.717) is 18.9 Å². The lowest BCUT2D eigenvalue weighted by Crippen LogP contribution is -2.63. The molecule has 1 saturated heterocycles. The number of aromatic nitrogens is 2. The van der Waals surface area contributed by atoms with Gasteiger partial charge in [-0.2, -0.15) is 0 Å². The van der Waals surface area contributed by atoms with Gasteiger partial charge >= 0.3 is 5.97 Å². The maximum atomic E-state index is 13.9. The molecule has 0 aromatic carbocycles. The van der Waals surface area contributed by atoms with Crippen LogP contribution in [0.5, 0.6) is 0 Å². The van der Waals surface area contributed by atoms with E-state index in [4.69, 9.17) is 4.74 Å². The fraction of sp³-hybridized carbons (Fsp3) is 0.622. The zero-order valence-corrected chi connectivity index (χ0v) is 27.0. The van der Waals surface area contributed by atoms with E-state index in [1.54, 1.807) is 0 Å². The molecule has 0 amide bonds. The first kappa shape index (κ1) is 31.1. The quantitative estimate of drug-likeness (QED) is 0.213. The molecule has 7 nitrogen and oxygen atoms in total. The summed E-state index contributed by atoms with van der Waals surface area (Å²) in [5.74, 6) is -0.115. The Hall–Kier alpha value is -2.90. The summed E-state index contributed by atoms with van der Waals surface area (Å²) >= 11 is 0. The van der Waals surface area contributed by atoms with Crippen molar-refractivity contribution in [3.8, 4) is 0 Å². The molecular weight excluding hydrogens is 550 g/mol.